The van der Waals surface area contributed by atoms with Crippen LogP contribution in [0.5, 0.6) is 11.6 Å². The van der Waals surface area contributed by atoms with E-state index in [4.69, 9.17) is 16.3 Å². The number of pyridine rings is 1. The Morgan fingerprint density at radius 1 is 1.44 bits per heavy atom. The van der Waals surface area contributed by atoms with Crippen LogP contribution in [0.4, 0.5) is 0 Å². The summed E-state index contributed by atoms with van der Waals surface area (Å²) >= 11 is 5.72. The van der Waals surface area contributed by atoms with Crippen LogP contribution in [-0.2, 0) is 12.9 Å². The van der Waals surface area contributed by atoms with Crippen molar-refractivity contribution in [3.8, 4) is 11.6 Å². The third-order valence-electron chi connectivity index (χ3n) is 2.14. The van der Waals surface area contributed by atoms with E-state index in [-0.39, 0.29) is 0 Å². The first kappa shape index (κ1) is 11.0. The van der Waals surface area contributed by atoms with E-state index in [0.717, 1.165) is 11.1 Å². The van der Waals surface area contributed by atoms with Crippen LogP contribution in [0.1, 0.15) is 11.1 Å². The molecule has 0 unspecified atom stereocenters. The molecule has 0 aliphatic heterocycles. The quantitative estimate of drug-likeness (QED) is 0.771. The van der Waals surface area contributed by atoms with Crippen LogP contribution in [0, 0.1) is 6.92 Å². The van der Waals surface area contributed by atoms with Gasteiger partial charge in [-0.2, -0.15) is 5.10 Å². The number of ether oxygens (including phenoxy) is 1. The van der Waals surface area contributed by atoms with Crippen LogP contribution in [0.3, 0.4) is 0 Å². The number of aryl methyl sites for hydroxylation is 2. The lowest BCUT2D eigenvalue weighted by Gasteiger charge is -2.05. The molecule has 0 spiro atoms. The van der Waals surface area contributed by atoms with Crippen molar-refractivity contribution in [2.24, 2.45) is 7.05 Å². The van der Waals surface area contributed by atoms with Crippen molar-refractivity contribution in [2.45, 2.75) is 12.8 Å². The topological polar surface area (TPSA) is 39.9 Å². The summed E-state index contributed by atoms with van der Waals surface area (Å²) in [6.07, 6.45) is 5.15. The van der Waals surface area contributed by atoms with Gasteiger partial charge in [0.05, 0.1) is 12.4 Å². The van der Waals surface area contributed by atoms with Crippen molar-refractivity contribution in [1.82, 2.24) is 14.8 Å². The normalized spacial score (nSPS) is 10.4. The van der Waals surface area contributed by atoms with Gasteiger partial charge in [-0.05, 0) is 18.6 Å². The van der Waals surface area contributed by atoms with Gasteiger partial charge in [-0.15, -0.1) is 11.6 Å². The molecule has 0 fully saturated rings. The van der Waals surface area contributed by atoms with Gasteiger partial charge in [0.15, 0.2) is 5.75 Å². The van der Waals surface area contributed by atoms with E-state index in [0.29, 0.717) is 17.5 Å². The number of rotatable bonds is 3. The van der Waals surface area contributed by atoms with Crippen LogP contribution in [-0.4, -0.2) is 14.8 Å². The van der Waals surface area contributed by atoms with Crippen LogP contribution in [0.15, 0.2) is 24.7 Å². The van der Waals surface area contributed by atoms with Gasteiger partial charge in [-0.1, -0.05) is 0 Å². The van der Waals surface area contributed by atoms with E-state index in [2.05, 4.69) is 10.1 Å². The lowest BCUT2D eigenvalue weighted by molar-refractivity contribution is 0.458. The Hall–Kier alpha value is -1.55. The van der Waals surface area contributed by atoms with Gasteiger partial charge >= 0.3 is 0 Å². The highest BCUT2D eigenvalue weighted by Gasteiger charge is 2.05. The summed E-state index contributed by atoms with van der Waals surface area (Å²) in [5.41, 5.74) is 1.94. The van der Waals surface area contributed by atoms with Crippen LogP contribution in [0.25, 0.3) is 0 Å². The highest BCUT2D eigenvalue weighted by atomic mass is 35.5. The molecular weight excluding hydrogens is 226 g/mol. The van der Waals surface area contributed by atoms with Gasteiger partial charge in [-0.3, -0.25) is 4.68 Å². The largest absolute Gasteiger partial charge is 0.435 e. The molecular formula is C11H12ClN3O. The zero-order valence-electron chi connectivity index (χ0n) is 9.14. The molecule has 0 saturated heterocycles. The fourth-order valence-electron chi connectivity index (χ4n) is 1.36. The van der Waals surface area contributed by atoms with Crippen molar-refractivity contribution in [3.05, 3.63) is 35.8 Å². The molecule has 16 heavy (non-hydrogen) atoms. The van der Waals surface area contributed by atoms with E-state index in [1.807, 2.05) is 20.0 Å². The minimum absolute atomic E-state index is 0.459. The molecule has 4 nitrogen and oxygen atoms in total. The predicted octanol–water partition coefficient (Wildman–Crippen LogP) is 2.65. The summed E-state index contributed by atoms with van der Waals surface area (Å²) in [7, 11) is 1.84. The van der Waals surface area contributed by atoms with E-state index in [1.165, 1.54) is 0 Å². The number of halogens is 1. The van der Waals surface area contributed by atoms with E-state index in [9.17, 15) is 0 Å². The Kier molecular flexibility index (Phi) is 3.10. The molecule has 2 aromatic heterocycles. The number of hydrogen-bond acceptors (Lipinski definition) is 3. The van der Waals surface area contributed by atoms with Crippen LogP contribution in [0.2, 0.25) is 0 Å². The molecule has 0 saturated carbocycles. The van der Waals surface area contributed by atoms with Gasteiger partial charge in [0.2, 0.25) is 5.88 Å². The SMILES string of the molecule is Cc1cc(CCl)cnc1Oc1cnn(C)c1. The Bertz CT molecular complexity index is 496. The Morgan fingerprint density at radius 2 is 2.25 bits per heavy atom. The number of aromatic nitrogens is 3. The maximum Gasteiger partial charge on any atom is 0.222 e. The number of hydrogen-bond donors (Lipinski definition) is 0. The van der Waals surface area contributed by atoms with Crippen molar-refractivity contribution < 1.29 is 4.74 Å². The predicted molar refractivity (Wildman–Crippen MR) is 61.8 cm³/mol. The lowest BCUT2D eigenvalue weighted by atomic mass is 10.2. The van der Waals surface area contributed by atoms with Crippen molar-refractivity contribution >= 4 is 11.6 Å². The Labute approximate surface area is 98.8 Å². The molecule has 2 rings (SSSR count). The smallest absolute Gasteiger partial charge is 0.222 e. The second-order valence-electron chi connectivity index (χ2n) is 3.55. The second-order valence-corrected chi connectivity index (χ2v) is 3.82. The number of nitrogens with zero attached hydrogens (tertiary/aromatic N) is 3. The monoisotopic (exact) mass is 237 g/mol. The molecule has 0 atom stereocenters. The Morgan fingerprint density at radius 3 is 2.81 bits per heavy atom. The summed E-state index contributed by atoms with van der Waals surface area (Å²) in [6, 6.07) is 1.96. The van der Waals surface area contributed by atoms with Crippen molar-refractivity contribution in [3.63, 3.8) is 0 Å². The first-order chi connectivity index (χ1) is 7.69. The summed E-state index contributed by atoms with van der Waals surface area (Å²) in [5, 5.41) is 4.02. The molecule has 0 aliphatic carbocycles. The Balaban J connectivity index is 2.21. The third-order valence-corrected chi connectivity index (χ3v) is 2.45. The highest BCUT2D eigenvalue weighted by molar-refractivity contribution is 6.17. The average molecular weight is 238 g/mol. The minimum atomic E-state index is 0.459. The standard InChI is InChI=1S/C11H12ClN3O/c1-8-3-9(4-12)5-13-11(8)16-10-6-14-15(2)7-10/h3,5-7H,4H2,1-2H3. The minimum Gasteiger partial charge on any atom is -0.435 e. The zero-order valence-corrected chi connectivity index (χ0v) is 9.90. The van der Waals surface area contributed by atoms with Crippen molar-refractivity contribution in [2.75, 3.05) is 0 Å². The number of alkyl halides is 1. The molecule has 0 radical (unpaired) electrons. The van der Waals surface area contributed by atoms with Gasteiger partial charge < -0.3 is 4.74 Å². The highest BCUT2D eigenvalue weighted by Crippen LogP contribution is 2.22. The molecule has 0 bridgehead atoms. The molecule has 5 heteroatoms. The molecule has 2 heterocycles. The maximum absolute atomic E-state index is 5.72. The molecule has 2 aromatic rings. The summed E-state index contributed by atoms with van der Waals surface area (Å²) in [4.78, 5) is 4.21. The van der Waals surface area contributed by atoms with Crippen LogP contribution >= 0.6 is 11.6 Å². The molecule has 0 amide bonds. The van der Waals surface area contributed by atoms with E-state index >= 15 is 0 Å². The van der Waals surface area contributed by atoms with E-state index in [1.54, 1.807) is 23.3 Å². The summed E-state index contributed by atoms with van der Waals surface area (Å²) in [6.45, 7) is 1.94. The molecule has 0 aromatic carbocycles. The fourth-order valence-corrected chi connectivity index (χ4v) is 1.51. The van der Waals surface area contributed by atoms with E-state index < -0.39 is 0 Å². The first-order valence-electron chi connectivity index (χ1n) is 4.87. The molecule has 0 aliphatic rings. The average Bonchev–Trinajstić information content (AvgIpc) is 2.67. The third kappa shape index (κ3) is 2.33. The first-order valence-corrected chi connectivity index (χ1v) is 5.40. The summed E-state index contributed by atoms with van der Waals surface area (Å²) in [5.74, 6) is 1.72. The lowest BCUT2D eigenvalue weighted by Crippen LogP contribution is -1.92. The zero-order chi connectivity index (χ0) is 11.5. The second kappa shape index (κ2) is 4.53. The maximum atomic E-state index is 5.72. The fraction of sp³-hybridized carbons (Fsp3) is 0.273. The summed E-state index contributed by atoms with van der Waals surface area (Å²) < 4.78 is 7.27. The molecule has 0 N–H and O–H groups in total. The van der Waals surface area contributed by atoms with Gasteiger partial charge in [0.1, 0.15) is 0 Å². The van der Waals surface area contributed by atoms with Gasteiger partial charge in [0, 0.05) is 24.7 Å². The molecule has 84 valence electrons. The van der Waals surface area contributed by atoms with Gasteiger partial charge in [-0.25, -0.2) is 4.98 Å². The van der Waals surface area contributed by atoms with Gasteiger partial charge in [0.25, 0.3) is 0 Å². The van der Waals surface area contributed by atoms with Crippen molar-refractivity contribution in [1.29, 1.82) is 0 Å². The van der Waals surface area contributed by atoms with Crippen LogP contribution < -0.4 is 4.74 Å².